The minimum Gasteiger partial charge on any atom is -0.435 e. The highest BCUT2D eigenvalue weighted by Gasteiger charge is 2.08. The fourth-order valence-corrected chi connectivity index (χ4v) is 1.73. The standard InChI is InChI=1S/C13H15F2N3O/c1-9(10-7-16-18(2)8-10)17-11-3-5-12(6-4-11)19-13(14)15/h3-9,13,17H,1-2H3. The van der Waals surface area contributed by atoms with E-state index in [2.05, 4.69) is 15.2 Å². The molecule has 0 saturated carbocycles. The van der Waals surface area contributed by atoms with Crippen LogP contribution in [0.5, 0.6) is 5.75 Å². The molecular formula is C13H15F2N3O. The molecule has 0 spiro atoms. The minimum absolute atomic E-state index is 0.0792. The molecule has 0 fully saturated rings. The Hall–Kier alpha value is -2.11. The van der Waals surface area contributed by atoms with Crippen LogP contribution in [0.25, 0.3) is 0 Å². The molecule has 4 nitrogen and oxygen atoms in total. The van der Waals surface area contributed by atoms with Gasteiger partial charge in [-0.25, -0.2) is 0 Å². The first-order valence-corrected chi connectivity index (χ1v) is 5.84. The van der Waals surface area contributed by atoms with E-state index in [0.717, 1.165) is 11.3 Å². The first-order valence-electron chi connectivity index (χ1n) is 5.84. The van der Waals surface area contributed by atoms with Gasteiger partial charge < -0.3 is 10.1 Å². The van der Waals surface area contributed by atoms with E-state index >= 15 is 0 Å². The zero-order valence-electron chi connectivity index (χ0n) is 10.7. The number of hydrogen-bond donors (Lipinski definition) is 1. The van der Waals surface area contributed by atoms with E-state index in [0.29, 0.717) is 0 Å². The average molecular weight is 267 g/mol. The van der Waals surface area contributed by atoms with Gasteiger partial charge in [0.15, 0.2) is 0 Å². The van der Waals surface area contributed by atoms with Crippen molar-refractivity contribution >= 4 is 5.69 Å². The Morgan fingerprint density at radius 2 is 1.95 bits per heavy atom. The predicted octanol–water partition coefficient (Wildman–Crippen LogP) is 3.19. The monoisotopic (exact) mass is 267 g/mol. The Labute approximate surface area is 110 Å². The SMILES string of the molecule is CC(Nc1ccc(OC(F)F)cc1)c1cnn(C)c1. The number of halogens is 2. The van der Waals surface area contributed by atoms with Crippen LogP contribution in [-0.4, -0.2) is 16.4 Å². The highest BCUT2D eigenvalue weighted by molar-refractivity contribution is 5.47. The van der Waals surface area contributed by atoms with Gasteiger partial charge in [0.05, 0.1) is 12.2 Å². The molecule has 2 rings (SSSR count). The Bertz CT molecular complexity index is 525. The molecule has 1 unspecified atom stereocenters. The van der Waals surface area contributed by atoms with Gasteiger partial charge in [0.25, 0.3) is 0 Å². The van der Waals surface area contributed by atoms with E-state index in [-0.39, 0.29) is 11.8 Å². The molecule has 0 aliphatic carbocycles. The van der Waals surface area contributed by atoms with Crippen molar-refractivity contribution < 1.29 is 13.5 Å². The summed E-state index contributed by atoms with van der Waals surface area (Å²) in [4.78, 5) is 0. The summed E-state index contributed by atoms with van der Waals surface area (Å²) in [6, 6.07) is 6.49. The van der Waals surface area contributed by atoms with Gasteiger partial charge in [-0.1, -0.05) is 0 Å². The molecule has 0 radical (unpaired) electrons. The van der Waals surface area contributed by atoms with Crippen LogP contribution in [0.1, 0.15) is 18.5 Å². The summed E-state index contributed by atoms with van der Waals surface area (Å²) in [6.07, 6.45) is 3.71. The van der Waals surface area contributed by atoms with Gasteiger partial charge >= 0.3 is 6.61 Å². The molecule has 0 amide bonds. The Morgan fingerprint density at radius 3 is 2.47 bits per heavy atom. The van der Waals surface area contributed by atoms with Crippen molar-refractivity contribution in [1.29, 1.82) is 0 Å². The summed E-state index contributed by atoms with van der Waals surface area (Å²) < 4.78 is 30.0. The topological polar surface area (TPSA) is 39.1 Å². The Balaban J connectivity index is 1.99. The largest absolute Gasteiger partial charge is 0.435 e. The van der Waals surface area contributed by atoms with Gasteiger partial charge in [-0.3, -0.25) is 4.68 Å². The third-order valence-corrected chi connectivity index (χ3v) is 2.69. The number of benzene rings is 1. The van der Waals surface area contributed by atoms with Crippen LogP contribution >= 0.6 is 0 Å². The molecule has 0 saturated heterocycles. The number of nitrogens with zero attached hydrogens (tertiary/aromatic N) is 2. The van der Waals surface area contributed by atoms with Gasteiger partial charge in [-0.15, -0.1) is 0 Å². The quantitative estimate of drug-likeness (QED) is 0.904. The van der Waals surface area contributed by atoms with Gasteiger partial charge in [0.2, 0.25) is 0 Å². The average Bonchev–Trinajstić information content (AvgIpc) is 2.78. The lowest BCUT2D eigenvalue weighted by Crippen LogP contribution is -2.06. The summed E-state index contributed by atoms with van der Waals surface area (Å²) in [5.41, 5.74) is 1.88. The molecule has 6 heteroatoms. The van der Waals surface area contributed by atoms with E-state index in [9.17, 15) is 8.78 Å². The lowest BCUT2D eigenvalue weighted by molar-refractivity contribution is -0.0498. The van der Waals surface area contributed by atoms with E-state index in [1.54, 1.807) is 23.0 Å². The molecule has 0 bridgehead atoms. The second kappa shape index (κ2) is 5.69. The second-order valence-electron chi connectivity index (χ2n) is 4.22. The Kier molecular flexibility index (Phi) is 3.99. The number of hydrogen-bond acceptors (Lipinski definition) is 3. The summed E-state index contributed by atoms with van der Waals surface area (Å²) in [6.45, 7) is -0.797. The highest BCUT2D eigenvalue weighted by Crippen LogP contribution is 2.22. The van der Waals surface area contributed by atoms with Crippen LogP contribution in [0.3, 0.4) is 0 Å². The van der Waals surface area contributed by atoms with Crippen molar-refractivity contribution in [2.24, 2.45) is 7.05 Å². The fourth-order valence-electron chi connectivity index (χ4n) is 1.73. The maximum Gasteiger partial charge on any atom is 0.387 e. The van der Waals surface area contributed by atoms with Crippen molar-refractivity contribution in [3.63, 3.8) is 0 Å². The van der Waals surface area contributed by atoms with Crippen molar-refractivity contribution in [3.05, 3.63) is 42.2 Å². The molecule has 0 aliphatic rings. The van der Waals surface area contributed by atoms with Crippen LogP contribution in [0, 0.1) is 0 Å². The molecule has 1 aromatic carbocycles. The maximum absolute atomic E-state index is 12.0. The molecule has 102 valence electrons. The fraction of sp³-hybridized carbons (Fsp3) is 0.308. The second-order valence-corrected chi connectivity index (χ2v) is 4.22. The molecule has 1 aromatic heterocycles. The summed E-state index contributed by atoms with van der Waals surface area (Å²) in [5, 5.41) is 7.36. The predicted molar refractivity (Wildman–Crippen MR) is 68.3 cm³/mol. The lowest BCUT2D eigenvalue weighted by Gasteiger charge is -2.14. The lowest BCUT2D eigenvalue weighted by atomic mass is 10.2. The van der Waals surface area contributed by atoms with Crippen molar-refractivity contribution in [2.75, 3.05) is 5.32 Å². The first kappa shape index (κ1) is 13.3. The van der Waals surface area contributed by atoms with E-state index in [4.69, 9.17) is 0 Å². The smallest absolute Gasteiger partial charge is 0.387 e. The number of anilines is 1. The molecule has 2 aromatic rings. The van der Waals surface area contributed by atoms with Crippen LogP contribution < -0.4 is 10.1 Å². The minimum atomic E-state index is -2.80. The molecular weight excluding hydrogens is 252 g/mol. The normalized spacial score (nSPS) is 12.5. The number of aryl methyl sites for hydroxylation is 1. The van der Waals surface area contributed by atoms with Crippen molar-refractivity contribution in [3.8, 4) is 5.75 Å². The van der Waals surface area contributed by atoms with E-state index < -0.39 is 6.61 Å². The summed E-state index contributed by atoms with van der Waals surface area (Å²) in [7, 11) is 1.85. The number of nitrogens with one attached hydrogen (secondary N) is 1. The molecule has 1 heterocycles. The van der Waals surface area contributed by atoms with Gasteiger partial charge in [0.1, 0.15) is 5.75 Å². The van der Waals surface area contributed by atoms with Gasteiger partial charge in [-0.05, 0) is 31.2 Å². The maximum atomic E-state index is 12.0. The summed E-state index contributed by atoms with van der Waals surface area (Å²) >= 11 is 0. The summed E-state index contributed by atoms with van der Waals surface area (Å²) in [5.74, 6) is 0.148. The number of rotatable bonds is 5. The number of alkyl halides is 2. The molecule has 1 atom stereocenters. The van der Waals surface area contributed by atoms with Gasteiger partial charge in [-0.2, -0.15) is 13.9 Å². The van der Waals surface area contributed by atoms with E-state index in [1.165, 1.54) is 12.1 Å². The molecule has 1 N–H and O–H groups in total. The van der Waals surface area contributed by atoms with Crippen LogP contribution in [0.15, 0.2) is 36.7 Å². The van der Waals surface area contributed by atoms with Crippen molar-refractivity contribution in [1.82, 2.24) is 9.78 Å². The highest BCUT2D eigenvalue weighted by atomic mass is 19.3. The zero-order chi connectivity index (χ0) is 13.8. The first-order chi connectivity index (χ1) is 9.04. The number of aromatic nitrogens is 2. The number of ether oxygens (including phenoxy) is 1. The zero-order valence-corrected chi connectivity index (χ0v) is 10.7. The van der Waals surface area contributed by atoms with Crippen LogP contribution in [0.4, 0.5) is 14.5 Å². The van der Waals surface area contributed by atoms with Crippen LogP contribution in [-0.2, 0) is 7.05 Å². The van der Waals surface area contributed by atoms with Crippen LogP contribution in [0.2, 0.25) is 0 Å². The van der Waals surface area contributed by atoms with Gasteiger partial charge in [0, 0.05) is 24.5 Å². The third kappa shape index (κ3) is 3.67. The van der Waals surface area contributed by atoms with Crippen molar-refractivity contribution in [2.45, 2.75) is 19.6 Å². The molecule has 19 heavy (non-hydrogen) atoms. The Morgan fingerprint density at radius 1 is 1.26 bits per heavy atom. The van der Waals surface area contributed by atoms with E-state index in [1.807, 2.05) is 20.2 Å². The molecule has 0 aliphatic heterocycles. The third-order valence-electron chi connectivity index (χ3n) is 2.69.